The second-order valence-electron chi connectivity index (χ2n) is 4.55. The van der Waals surface area contributed by atoms with Crippen LogP contribution in [0.2, 0.25) is 0 Å². The van der Waals surface area contributed by atoms with Gasteiger partial charge in [0.05, 0.1) is 24.1 Å². The first-order chi connectivity index (χ1) is 10.5. The number of thiazole rings is 1. The van der Waals surface area contributed by atoms with Gasteiger partial charge in [-0.2, -0.15) is 13.2 Å². The Balaban J connectivity index is 1.63. The van der Waals surface area contributed by atoms with Gasteiger partial charge in [0.25, 0.3) is 0 Å². The molecule has 0 unspecified atom stereocenters. The van der Waals surface area contributed by atoms with E-state index < -0.39 is 11.7 Å². The van der Waals surface area contributed by atoms with Gasteiger partial charge < -0.3 is 9.73 Å². The van der Waals surface area contributed by atoms with Gasteiger partial charge >= 0.3 is 6.18 Å². The molecule has 0 aliphatic heterocycles. The van der Waals surface area contributed by atoms with Crippen LogP contribution in [0.1, 0.15) is 11.3 Å². The van der Waals surface area contributed by atoms with Crippen LogP contribution in [0.3, 0.4) is 0 Å². The SMILES string of the molecule is FC(F)(F)c1ccc(NCc2csc(-c3ccco3)n2)cc1. The van der Waals surface area contributed by atoms with Crippen LogP contribution in [-0.2, 0) is 12.7 Å². The molecule has 0 aliphatic rings. The van der Waals surface area contributed by atoms with Crippen molar-refractivity contribution < 1.29 is 17.6 Å². The second-order valence-corrected chi connectivity index (χ2v) is 5.41. The van der Waals surface area contributed by atoms with Gasteiger partial charge in [-0.3, -0.25) is 0 Å². The van der Waals surface area contributed by atoms with Crippen molar-refractivity contribution in [1.29, 1.82) is 0 Å². The number of halogens is 3. The van der Waals surface area contributed by atoms with Gasteiger partial charge in [-0.15, -0.1) is 11.3 Å². The summed E-state index contributed by atoms with van der Waals surface area (Å²) < 4.78 is 42.7. The molecule has 0 aliphatic carbocycles. The Bertz CT molecular complexity index is 733. The number of anilines is 1. The Morgan fingerprint density at radius 2 is 1.91 bits per heavy atom. The molecular formula is C15H11F3N2OS. The fraction of sp³-hybridized carbons (Fsp3) is 0.133. The van der Waals surface area contributed by atoms with E-state index in [2.05, 4.69) is 10.3 Å². The van der Waals surface area contributed by atoms with E-state index in [1.54, 1.807) is 12.3 Å². The molecule has 3 nitrogen and oxygen atoms in total. The molecule has 0 bridgehead atoms. The number of furan rings is 1. The maximum Gasteiger partial charge on any atom is 0.416 e. The summed E-state index contributed by atoms with van der Waals surface area (Å²) in [5, 5.41) is 5.70. The third kappa shape index (κ3) is 3.30. The number of alkyl halides is 3. The minimum Gasteiger partial charge on any atom is -0.462 e. The lowest BCUT2D eigenvalue weighted by Gasteiger charge is -2.08. The van der Waals surface area contributed by atoms with Crippen LogP contribution in [-0.4, -0.2) is 4.98 Å². The highest BCUT2D eigenvalue weighted by atomic mass is 32.1. The molecule has 0 saturated heterocycles. The van der Waals surface area contributed by atoms with Crippen molar-refractivity contribution in [3.8, 4) is 10.8 Å². The van der Waals surface area contributed by atoms with E-state index in [0.29, 0.717) is 18.0 Å². The molecule has 114 valence electrons. The average molecular weight is 324 g/mol. The molecular weight excluding hydrogens is 313 g/mol. The largest absolute Gasteiger partial charge is 0.462 e. The highest BCUT2D eigenvalue weighted by Crippen LogP contribution is 2.30. The smallest absolute Gasteiger partial charge is 0.416 e. The topological polar surface area (TPSA) is 38.1 Å². The van der Waals surface area contributed by atoms with Gasteiger partial charge in [0, 0.05) is 11.1 Å². The number of nitrogens with zero attached hydrogens (tertiary/aromatic N) is 1. The molecule has 0 fully saturated rings. The van der Waals surface area contributed by atoms with Crippen molar-refractivity contribution in [3.63, 3.8) is 0 Å². The molecule has 0 amide bonds. The zero-order valence-corrected chi connectivity index (χ0v) is 12.0. The fourth-order valence-corrected chi connectivity index (χ4v) is 2.66. The van der Waals surface area contributed by atoms with Crippen LogP contribution in [0.25, 0.3) is 10.8 Å². The summed E-state index contributed by atoms with van der Waals surface area (Å²) in [5.74, 6) is 0.700. The first-order valence-corrected chi connectivity index (χ1v) is 7.30. The number of aromatic nitrogens is 1. The molecule has 0 atom stereocenters. The number of hydrogen-bond donors (Lipinski definition) is 1. The van der Waals surface area contributed by atoms with E-state index in [1.165, 1.54) is 23.5 Å². The Kier molecular flexibility index (Phi) is 3.89. The molecule has 22 heavy (non-hydrogen) atoms. The fourth-order valence-electron chi connectivity index (χ4n) is 1.87. The molecule has 2 heterocycles. The quantitative estimate of drug-likeness (QED) is 0.731. The van der Waals surface area contributed by atoms with Crippen molar-refractivity contribution in [3.05, 3.63) is 59.3 Å². The molecule has 1 aromatic carbocycles. The maximum absolute atomic E-state index is 12.5. The van der Waals surface area contributed by atoms with E-state index in [-0.39, 0.29) is 0 Å². The van der Waals surface area contributed by atoms with Crippen molar-refractivity contribution >= 4 is 17.0 Å². The van der Waals surface area contributed by atoms with Crippen LogP contribution in [0, 0.1) is 0 Å². The molecule has 0 spiro atoms. The zero-order valence-electron chi connectivity index (χ0n) is 11.2. The number of rotatable bonds is 4. The van der Waals surface area contributed by atoms with Gasteiger partial charge in [0.2, 0.25) is 0 Å². The molecule has 1 N–H and O–H groups in total. The number of benzene rings is 1. The van der Waals surface area contributed by atoms with E-state index >= 15 is 0 Å². The first kappa shape index (κ1) is 14.6. The molecule has 3 rings (SSSR count). The highest BCUT2D eigenvalue weighted by molar-refractivity contribution is 7.13. The van der Waals surface area contributed by atoms with Crippen molar-refractivity contribution in [2.75, 3.05) is 5.32 Å². The summed E-state index contributed by atoms with van der Waals surface area (Å²) in [6.07, 6.45) is -2.73. The standard InChI is InChI=1S/C15H11F3N2OS/c16-15(17,18)10-3-5-11(6-4-10)19-8-12-9-22-14(20-12)13-2-1-7-21-13/h1-7,9,19H,8H2. The maximum atomic E-state index is 12.5. The van der Waals surface area contributed by atoms with Gasteiger partial charge in [-0.25, -0.2) is 4.98 Å². The van der Waals surface area contributed by atoms with Gasteiger partial charge in [0.15, 0.2) is 10.8 Å². The lowest BCUT2D eigenvalue weighted by atomic mass is 10.2. The monoisotopic (exact) mass is 324 g/mol. The van der Waals surface area contributed by atoms with Crippen LogP contribution in [0.4, 0.5) is 18.9 Å². The highest BCUT2D eigenvalue weighted by Gasteiger charge is 2.29. The lowest BCUT2D eigenvalue weighted by Crippen LogP contribution is -2.05. The van der Waals surface area contributed by atoms with E-state index in [4.69, 9.17) is 4.42 Å². The van der Waals surface area contributed by atoms with Crippen LogP contribution >= 0.6 is 11.3 Å². The number of hydrogen-bond acceptors (Lipinski definition) is 4. The third-order valence-electron chi connectivity index (χ3n) is 2.97. The molecule has 7 heteroatoms. The second kappa shape index (κ2) is 5.84. The Hall–Kier alpha value is -2.28. The lowest BCUT2D eigenvalue weighted by molar-refractivity contribution is -0.137. The first-order valence-electron chi connectivity index (χ1n) is 6.42. The minimum absolute atomic E-state index is 0.433. The van der Waals surface area contributed by atoms with Crippen LogP contribution in [0.15, 0.2) is 52.5 Å². The minimum atomic E-state index is -4.31. The van der Waals surface area contributed by atoms with Crippen LogP contribution < -0.4 is 5.32 Å². The van der Waals surface area contributed by atoms with Crippen molar-refractivity contribution in [2.24, 2.45) is 0 Å². The molecule has 0 radical (unpaired) electrons. The van der Waals surface area contributed by atoms with Gasteiger partial charge in [-0.1, -0.05) is 0 Å². The predicted octanol–water partition coefficient (Wildman–Crippen LogP) is 5.03. The summed E-state index contributed by atoms with van der Waals surface area (Å²) in [6.45, 7) is 0.433. The summed E-state index contributed by atoms with van der Waals surface area (Å²) in [4.78, 5) is 4.41. The third-order valence-corrected chi connectivity index (χ3v) is 3.88. The van der Waals surface area contributed by atoms with Crippen molar-refractivity contribution in [1.82, 2.24) is 4.98 Å². The summed E-state index contributed by atoms with van der Waals surface area (Å²) in [6, 6.07) is 8.53. The zero-order chi connectivity index (χ0) is 15.6. The molecule has 3 aromatic rings. The summed E-state index contributed by atoms with van der Waals surface area (Å²) in [5.41, 5.74) is 0.753. The molecule has 0 saturated carbocycles. The van der Waals surface area contributed by atoms with E-state index in [1.807, 2.05) is 11.4 Å². The normalized spacial score (nSPS) is 11.6. The number of nitrogens with one attached hydrogen (secondary N) is 1. The molecule has 2 aromatic heterocycles. The van der Waals surface area contributed by atoms with Gasteiger partial charge in [0.1, 0.15) is 0 Å². The van der Waals surface area contributed by atoms with Gasteiger partial charge in [-0.05, 0) is 36.4 Å². The summed E-state index contributed by atoms with van der Waals surface area (Å²) in [7, 11) is 0. The van der Waals surface area contributed by atoms with Crippen LogP contribution in [0.5, 0.6) is 0 Å². The predicted molar refractivity (Wildman–Crippen MR) is 78.6 cm³/mol. The Morgan fingerprint density at radius 3 is 2.55 bits per heavy atom. The van der Waals surface area contributed by atoms with Crippen molar-refractivity contribution in [2.45, 2.75) is 12.7 Å². The van der Waals surface area contributed by atoms with E-state index in [0.717, 1.165) is 22.8 Å². The summed E-state index contributed by atoms with van der Waals surface area (Å²) >= 11 is 1.45. The Morgan fingerprint density at radius 1 is 1.14 bits per heavy atom. The average Bonchev–Trinajstić information content (AvgIpc) is 3.15. The van der Waals surface area contributed by atoms with E-state index in [9.17, 15) is 13.2 Å². The Labute approximate surface area is 128 Å².